The van der Waals surface area contributed by atoms with Crippen LogP contribution in [-0.2, 0) is 6.42 Å². The van der Waals surface area contributed by atoms with E-state index in [-0.39, 0.29) is 6.03 Å². The molecule has 0 spiro atoms. The number of amides is 2. The average Bonchev–Trinajstić information content (AvgIpc) is 2.87. The summed E-state index contributed by atoms with van der Waals surface area (Å²) in [5, 5.41) is 6.18. The number of nitrogens with one attached hydrogen (secondary N) is 2. The first-order chi connectivity index (χ1) is 10.2. The minimum atomic E-state index is 0.00589. The molecule has 21 heavy (non-hydrogen) atoms. The van der Waals surface area contributed by atoms with Gasteiger partial charge in [0.15, 0.2) is 0 Å². The lowest BCUT2D eigenvalue weighted by Crippen LogP contribution is -2.31. The molecule has 2 N–H and O–H groups in total. The van der Waals surface area contributed by atoms with Gasteiger partial charge in [0.1, 0.15) is 12.4 Å². The minimum Gasteiger partial charge on any atom is -0.492 e. The summed E-state index contributed by atoms with van der Waals surface area (Å²) in [6.45, 7) is 7.96. The Kier molecular flexibility index (Phi) is 5.87. The Morgan fingerprint density at radius 3 is 2.76 bits per heavy atom. The van der Waals surface area contributed by atoms with Crippen LogP contribution in [-0.4, -0.2) is 49.8 Å². The molecule has 5 heteroatoms. The SMILES string of the molecule is CCNC(C)Cc1ccc(OCCN2CCNC2=O)cc1. The summed E-state index contributed by atoms with van der Waals surface area (Å²) in [5.41, 5.74) is 1.30. The van der Waals surface area contributed by atoms with Crippen molar-refractivity contribution in [3.8, 4) is 5.75 Å². The number of hydrogen-bond donors (Lipinski definition) is 2. The Morgan fingerprint density at radius 2 is 2.14 bits per heavy atom. The van der Waals surface area contributed by atoms with Gasteiger partial charge in [0.25, 0.3) is 0 Å². The number of carbonyl (C=O) groups is 1. The van der Waals surface area contributed by atoms with Crippen molar-refractivity contribution in [1.29, 1.82) is 0 Å². The van der Waals surface area contributed by atoms with Crippen LogP contribution < -0.4 is 15.4 Å². The molecule has 1 heterocycles. The van der Waals surface area contributed by atoms with Crippen molar-refractivity contribution < 1.29 is 9.53 Å². The normalized spacial score (nSPS) is 15.9. The van der Waals surface area contributed by atoms with E-state index in [0.29, 0.717) is 19.2 Å². The predicted molar refractivity (Wildman–Crippen MR) is 83.8 cm³/mol. The molecule has 1 aromatic carbocycles. The zero-order chi connectivity index (χ0) is 15.1. The standard InChI is InChI=1S/C16H25N3O2/c1-3-17-13(2)12-14-4-6-15(7-5-14)21-11-10-19-9-8-18-16(19)20/h4-7,13,17H,3,8-12H2,1-2H3,(H,18,20). The van der Waals surface area contributed by atoms with Crippen molar-refractivity contribution in [1.82, 2.24) is 15.5 Å². The van der Waals surface area contributed by atoms with Gasteiger partial charge in [-0.25, -0.2) is 4.79 Å². The van der Waals surface area contributed by atoms with Crippen molar-refractivity contribution >= 4 is 6.03 Å². The highest BCUT2D eigenvalue weighted by Crippen LogP contribution is 2.13. The molecule has 1 saturated heterocycles. The summed E-state index contributed by atoms with van der Waals surface area (Å²) in [5.74, 6) is 0.856. The lowest BCUT2D eigenvalue weighted by molar-refractivity contribution is 0.202. The monoisotopic (exact) mass is 291 g/mol. The summed E-state index contributed by atoms with van der Waals surface area (Å²) in [7, 11) is 0. The maximum atomic E-state index is 11.4. The van der Waals surface area contributed by atoms with Crippen LogP contribution in [0, 0.1) is 0 Å². The van der Waals surface area contributed by atoms with Crippen LogP contribution in [0.1, 0.15) is 19.4 Å². The van der Waals surface area contributed by atoms with Crippen LogP contribution in [0.3, 0.4) is 0 Å². The van der Waals surface area contributed by atoms with Crippen molar-refractivity contribution in [3.05, 3.63) is 29.8 Å². The number of ether oxygens (including phenoxy) is 1. The molecular formula is C16H25N3O2. The molecule has 0 bridgehead atoms. The van der Waals surface area contributed by atoms with Crippen LogP contribution >= 0.6 is 0 Å². The second-order valence-corrected chi connectivity index (χ2v) is 5.37. The zero-order valence-electron chi connectivity index (χ0n) is 12.9. The number of rotatable bonds is 8. The van der Waals surface area contributed by atoms with Crippen LogP contribution in [0.25, 0.3) is 0 Å². The van der Waals surface area contributed by atoms with Gasteiger partial charge < -0.3 is 20.3 Å². The van der Waals surface area contributed by atoms with E-state index >= 15 is 0 Å². The number of nitrogens with zero attached hydrogens (tertiary/aromatic N) is 1. The lowest BCUT2D eigenvalue weighted by Gasteiger charge is -2.15. The molecule has 1 fully saturated rings. The molecular weight excluding hydrogens is 266 g/mol. The van der Waals surface area contributed by atoms with Gasteiger partial charge in [-0.05, 0) is 37.6 Å². The number of urea groups is 1. The van der Waals surface area contributed by atoms with E-state index < -0.39 is 0 Å². The summed E-state index contributed by atoms with van der Waals surface area (Å²) in [4.78, 5) is 13.1. The van der Waals surface area contributed by atoms with Gasteiger partial charge >= 0.3 is 6.03 Å². The second-order valence-electron chi connectivity index (χ2n) is 5.37. The fourth-order valence-corrected chi connectivity index (χ4v) is 2.49. The second kappa shape index (κ2) is 7.88. The van der Waals surface area contributed by atoms with Crippen molar-refractivity contribution in [3.63, 3.8) is 0 Å². The number of benzene rings is 1. The molecule has 5 nitrogen and oxygen atoms in total. The van der Waals surface area contributed by atoms with E-state index in [2.05, 4.69) is 36.6 Å². The van der Waals surface area contributed by atoms with Gasteiger partial charge in [-0.2, -0.15) is 0 Å². The average molecular weight is 291 g/mol. The third-order valence-corrected chi connectivity index (χ3v) is 3.59. The first kappa shape index (κ1) is 15.6. The molecule has 1 atom stereocenters. The molecule has 0 radical (unpaired) electrons. The molecule has 2 amide bonds. The molecule has 116 valence electrons. The van der Waals surface area contributed by atoms with Crippen LogP contribution in [0.5, 0.6) is 5.75 Å². The summed E-state index contributed by atoms with van der Waals surface area (Å²) in [6.07, 6.45) is 1.02. The van der Waals surface area contributed by atoms with Gasteiger partial charge in [-0.15, -0.1) is 0 Å². The van der Waals surface area contributed by atoms with E-state index in [4.69, 9.17) is 4.74 Å². The summed E-state index contributed by atoms with van der Waals surface area (Å²) in [6, 6.07) is 8.69. The lowest BCUT2D eigenvalue weighted by atomic mass is 10.1. The first-order valence-electron chi connectivity index (χ1n) is 7.67. The minimum absolute atomic E-state index is 0.00589. The van der Waals surface area contributed by atoms with Gasteiger partial charge in [0.2, 0.25) is 0 Å². The highest BCUT2D eigenvalue weighted by atomic mass is 16.5. The Hall–Kier alpha value is -1.75. The third-order valence-electron chi connectivity index (χ3n) is 3.59. The molecule has 1 aliphatic rings. The topological polar surface area (TPSA) is 53.6 Å². The zero-order valence-corrected chi connectivity index (χ0v) is 12.9. The van der Waals surface area contributed by atoms with Crippen molar-refractivity contribution in [2.45, 2.75) is 26.3 Å². The Balaban J connectivity index is 1.73. The van der Waals surface area contributed by atoms with Gasteiger partial charge in [-0.3, -0.25) is 0 Å². The first-order valence-corrected chi connectivity index (χ1v) is 7.67. The molecule has 0 saturated carbocycles. The number of carbonyl (C=O) groups excluding carboxylic acids is 1. The van der Waals surface area contributed by atoms with E-state index in [1.807, 2.05) is 12.1 Å². The van der Waals surface area contributed by atoms with Gasteiger partial charge in [-0.1, -0.05) is 19.1 Å². The largest absolute Gasteiger partial charge is 0.492 e. The third kappa shape index (κ3) is 4.93. The fourth-order valence-electron chi connectivity index (χ4n) is 2.49. The van der Waals surface area contributed by atoms with Crippen LogP contribution in [0.15, 0.2) is 24.3 Å². The summed E-state index contributed by atoms with van der Waals surface area (Å²) >= 11 is 0. The molecule has 1 aromatic rings. The van der Waals surface area contributed by atoms with Gasteiger partial charge in [0, 0.05) is 19.1 Å². The maximum absolute atomic E-state index is 11.4. The molecule has 1 unspecified atom stereocenters. The smallest absolute Gasteiger partial charge is 0.317 e. The Labute approximate surface area is 126 Å². The molecule has 1 aliphatic heterocycles. The van der Waals surface area contributed by atoms with E-state index in [1.165, 1.54) is 5.56 Å². The number of hydrogen-bond acceptors (Lipinski definition) is 3. The van der Waals surface area contributed by atoms with E-state index in [9.17, 15) is 4.79 Å². The molecule has 0 aliphatic carbocycles. The molecule has 2 rings (SSSR count). The van der Waals surface area contributed by atoms with Crippen molar-refractivity contribution in [2.24, 2.45) is 0 Å². The van der Waals surface area contributed by atoms with E-state index in [0.717, 1.165) is 31.8 Å². The predicted octanol–water partition coefficient (Wildman–Crippen LogP) is 1.63. The van der Waals surface area contributed by atoms with Crippen LogP contribution in [0.2, 0.25) is 0 Å². The summed E-state index contributed by atoms with van der Waals surface area (Å²) < 4.78 is 5.69. The highest BCUT2D eigenvalue weighted by Gasteiger charge is 2.18. The van der Waals surface area contributed by atoms with Gasteiger partial charge in [0.05, 0.1) is 6.54 Å². The van der Waals surface area contributed by atoms with Crippen molar-refractivity contribution in [2.75, 3.05) is 32.8 Å². The quantitative estimate of drug-likeness (QED) is 0.765. The maximum Gasteiger partial charge on any atom is 0.317 e. The van der Waals surface area contributed by atoms with E-state index in [1.54, 1.807) is 4.90 Å². The fraction of sp³-hybridized carbons (Fsp3) is 0.562. The highest BCUT2D eigenvalue weighted by molar-refractivity contribution is 5.76. The Morgan fingerprint density at radius 1 is 1.38 bits per heavy atom. The number of likely N-dealkylation sites (N-methyl/N-ethyl adjacent to an activating group) is 1. The van der Waals surface area contributed by atoms with Crippen LogP contribution in [0.4, 0.5) is 4.79 Å². The molecule has 0 aromatic heterocycles. The Bertz CT molecular complexity index is 447.